The Balaban J connectivity index is 1.61. The maximum atomic E-state index is 12.8. The third-order valence-corrected chi connectivity index (χ3v) is 5.15. The summed E-state index contributed by atoms with van der Waals surface area (Å²) in [4.78, 5) is 29.8. The van der Waals surface area contributed by atoms with E-state index in [9.17, 15) is 9.59 Å². The number of Topliss-reactive ketones (excluding diaryl/α,β-unsaturated/α-hetero) is 1. The minimum absolute atomic E-state index is 0.221. The van der Waals surface area contributed by atoms with E-state index in [1.54, 1.807) is 24.3 Å². The molecule has 0 radical (unpaired) electrons. The molecule has 1 aliphatic rings. The van der Waals surface area contributed by atoms with Gasteiger partial charge >= 0.3 is 5.97 Å². The van der Waals surface area contributed by atoms with Crippen molar-refractivity contribution >= 4 is 38.6 Å². The number of nitrogens with zero attached hydrogens (tertiary/aromatic N) is 1. The highest BCUT2D eigenvalue weighted by Crippen LogP contribution is 2.30. The predicted octanol–water partition coefficient (Wildman–Crippen LogP) is 4.53. The van der Waals surface area contributed by atoms with Gasteiger partial charge in [-0.2, -0.15) is 0 Å². The summed E-state index contributed by atoms with van der Waals surface area (Å²) in [5.41, 5.74) is 3.80. The summed E-state index contributed by atoms with van der Waals surface area (Å²) in [5, 5.41) is 0.786. The summed E-state index contributed by atoms with van der Waals surface area (Å²) in [7, 11) is 0. The van der Waals surface area contributed by atoms with Crippen molar-refractivity contribution in [3.63, 3.8) is 0 Å². The van der Waals surface area contributed by atoms with Crippen molar-refractivity contribution in [3.8, 4) is 0 Å². The van der Waals surface area contributed by atoms with Gasteiger partial charge in [0.05, 0.1) is 11.1 Å². The van der Waals surface area contributed by atoms with Crippen molar-refractivity contribution in [2.45, 2.75) is 19.3 Å². The Labute approximate surface area is 159 Å². The van der Waals surface area contributed by atoms with Crippen molar-refractivity contribution in [2.75, 3.05) is 6.61 Å². The summed E-state index contributed by atoms with van der Waals surface area (Å²) in [5.74, 6) is -0.673. The molecule has 4 nitrogen and oxygen atoms in total. The minimum atomic E-state index is -0.452. The molecule has 1 heterocycles. The molecule has 0 unspecified atom stereocenters. The lowest BCUT2D eigenvalue weighted by Crippen LogP contribution is -2.16. The fourth-order valence-electron chi connectivity index (χ4n) is 3.37. The van der Waals surface area contributed by atoms with Crippen LogP contribution in [0.1, 0.15) is 38.4 Å². The van der Waals surface area contributed by atoms with Crippen LogP contribution < -0.4 is 0 Å². The molecule has 0 amide bonds. The molecule has 130 valence electrons. The van der Waals surface area contributed by atoms with Gasteiger partial charge in [0.15, 0.2) is 12.4 Å². The number of aromatic nitrogens is 1. The van der Waals surface area contributed by atoms with Gasteiger partial charge in [-0.1, -0.05) is 46.3 Å². The fraction of sp³-hybridized carbons (Fsp3) is 0.190. The van der Waals surface area contributed by atoms with Crippen LogP contribution in [0, 0.1) is 0 Å². The number of pyridine rings is 1. The zero-order chi connectivity index (χ0) is 18.1. The number of halogens is 1. The Morgan fingerprint density at radius 1 is 1.04 bits per heavy atom. The second-order valence-corrected chi connectivity index (χ2v) is 7.20. The van der Waals surface area contributed by atoms with Crippen LogP contribution in [0.3, 0.4) is 0 Å². The zero-order valence-electron chi connectivity index (χ0n) is 14.0. The van der Waals surface area contributed by atoms with Crippen molar-refractivity contribution in [2.24, 2.45) is 0 Å². The first-order chi connectivity index (χ1) is 12.6. The molecule has 0 aliphatic heterocycles. The van der Waals surface area contributed by atoms with Gasteiger partial charge in [-0.05, 0) is 43.0 Å². The topological polar surface area (TPSA) is 56.3 Å². The predicted molar refractivity (Wildman–Crippen MR) is 103 cm³/mol. The third kappa shape index (κ3) is 3.15. The van der Waals surface area contributed by atoms with E-state index in [-0.39, 0.29) is 12.4 Å². The Bertz CT molecular complexity index is 1010. The monoisotopic (exact) mass is 409 g/mol. The average molecular weight is 410 g/mol. The van der Waals surface area contributed by atoms with Crippen LogP contribution >= 0.6 is 15.9 Å². The molecule has 0 saturated heterocycles. The number of fused-ring (bicyclic) bond motifs is 2. The van der Waals surface area contributed by atoms with Crippen LogP contribution in [0.2, 0.25) is 0 Å². The number of hydrogen-bond donors (Lipinski definition) is 0. The number of rotatable bonds is 4. The van der Waals surface area contributed by atoms with E-state index in [2.05, 4.69) is 20.9 Å². The molecule has 0 spiro atoms. The number of para-hydroxylation sites is 1. The number of ether oxygens (including phenoxy) is 1. The van der Waals surface area contributed by atoms with E-state index in [0.717, 1.165) is 45.9 Å². The SMILES string of the molecule is O=C(COC(=O)c1c2c(nc3ccccc13)CCC2)c1ccc(Br)cc1. The van der Waals surface area contributed by atoms with Crippen molar-refractivity contribution in [1.29, 1.82) is 0 Å². The molecule has 2 aromatic carbocycles. The number of aryl methyl sites for hydroxylation is 1. The Morgan fingerprint density at radius 3 is 2.62 bits per heavy atom. The zero-order valence-corrected chi connectivity index (χ0v) is 15.6. The molecule has 0 N–H and O–H groups in total. The lowest BCUT2D eigenvalue weighted by Gasteiger charge is -2.12. The number of carbonyl (C=O) groups excluding carboxylic acids is 2. The maximum absolute atomic E-state index is 12.8. The van der Waals surface area contributed by atoms with Crippen molar-refractivity contribution in [1.82, 2.24) is 4.98 Å². The van der Waals surface area contributed by atoms with E-state index in [1.807, 2.05) is 24.3 Å². The Kier molecular flexibility index (Phi) is 4.55. The van der Waals surface area contributed by atoms with Crippen LogP contribution in [0.25, 0.3) is 10.9 Å². The van der Waals surface area contributed by atoms with Crippen LogP contribution in [-0.2, 0) is 17.6 Å². The number of ketones is 1. The van der Waals surface area contributed by atoms with Gasteiger partial charge in [-0.25, -0.2) is 4.79 Å². The van der Waals surface area contributed by atoms with Crippen LogP contribution in [0.15, 0.2) is 53.0 Å². The molecule has 26 heavy (non-hydrogen) atoms. The second kappa shape index (κ2) is 7.00. The summed E-state index contributed by atoms with van der Waals surface area (Å²) >= 11 is 3.34. The van der Waals surface area contributed by atoms with Crippen molar-refractivity contribution < 1.29 is 14.3 Å². The molecule has 0 saturated carbocycles. The van der Waals surface area contributed by atoms with E-state index in [1.165, 1.54) is 0 Å². The normalized spacial score (nSPS) is 12.8. The van der Waals surface area contributed by atoms with E-state index < -0.39 is 5.97 Å². The summed E-state index contributed by atoms with van der Waals surface area (Å²) in [6.07, 6.45) is 2.67. The Morgan fingerprint density at radius 2 is 1.81 bits per heavy atom. The second-order valence-electron chi connectivity index (χ2n) is 6.29. The molecular weight excluding hydrogens is 394 g/mol. The van der Waals surface area contributed by atoms with Crippen LogP contribution in [0.5, 0.6) is 0 Å². The molecule has 0 bridgehead atoms. The summed E-state index contributed by atoms with van der Waals surface area (Å²) < 4.78 is 6.27. The van der Waals surface area contributed by atoms with Gasteiger partial charge in [0.25, 0.3) is 0 Å². The smallest absolute Gasteiger partial charge is 0.339 e. The van der Waals surface area contributed by atoms with E-state index >= 15 is 0 Å². The molecule has 3 aromatic rings. The van der Waals surface area contributed by atoms with Gasteiger partial charge in [-0.3, -0.25) is 9.78 Å². The lowest BCUT2D eigenvalue weighted by atomic mass is 10.0. The first kappa shape index (κ1) is 16.9. The molecule has 0 fully saturated rings. The summed E-state index contributed by atoms with van der Waals surface area (Å²) in [6.45, 7) is -0.272. The lowest BCUT2D eigenvalue weighted by molar-refractivity contribution is 0.0475. The number of benzene rings is 2. The fourth-order valence-corrected chi connectivity index (χ4v) is 3.63. The average Bonchev–Trinajstić information content (AvgIpc) is 3.12. The number of esters is 1. The maximum Gasteiger partial charge on any atom is 0.339 e. The highest BCUT2D eigenvalue weighted by molar-refractivity contribution is 9.10. The van der Waals surface area contributed by atoms with Crippen LogP contribution in [0.4, 0.5) is 0 Å². The standard InChI is InChI=1S/C21H16BrNO3/c22-14-10-8-13(9-11-14)19(24)12-26-21(25)20-15-4-1-2-6-17(15)23-18-7-3-5-16(18)20/h1-2,4,6,8-11H,3,5,7,12H2. The molecule has 1 aliphatic carbocycles. The minimum Gasteiger partial charge on any atom is -0.454 e. The number of carbonyl (C=O) groups is 2. The van der Waals surface area contributed by atoms with E-state index in [4.69, 9.17) is 4.74 Å². The number of hydrogen-bond acceptors (Lipinski definition) is 4. The molecular formula is C21H16BrNO3. The van der Waals surface area contributed by atoms with Crippen molar-refractivity contribution in [3.05, 3.63) is 75.4 Å². The van der Waals surface area contributed by atoms with Gasteiger partial charge in [0, 0.05) is 21.1 Å². The highest BCUT2D eigenvalue weighted by Gasteiger charge is 2.25. The van der Waals surface area contributed by atoms with E-state index in [0.29, 0.717) is 11.1 Å². The van der Waals surface area contributed by atoms with Gasteiger partial charge < -0.3 is 4.74 Å². The van der Waals surface area contributed by atoms with Crippen LogP contribution in [-0.4, -0.2) is 23.3 Å². The van der Waals surface area contributed by atoms with Gasteiger partial charge in [0.2, 0.25) is 0 Å². The highest BCUT2D eigenvalue weighted by atomic mass is 79.9. The largest absolute Gasteiger partial charge is 0.454 e. The molecule has 5 heteroatoms. The summed E-state index contributed by atoms with van der Waals surface area (Å²) in [6, 6.07) is 14.6. The molecule has 4 rings (SSSR count). The molecule has 1 aromatic heterocycles. The van der Waals surface area contributed by atoms with Gasteiger partial charge in [-0.15, -0.1) is 0 Å². The molecule has 0 atom stereocenters. The third-order valence-electron chi connectivity index (χ3n) is 4.62. The quantitative estimate of drug-likeness (QED) is 0.469. The van der Waals surface area contributed by atoms with Gasteiger partial charge in [0.1, 0.15) is 0 Å². The first-order valence-corrected chi connectivity index (χ1v) is 9.29. The Hall–Kier alpha value is -2.53. The first-order valence-electron chi connectivity index (χ1n) is 8.50.